The summed E-state index contributed by atoms with van der Waals surface area (Å²) in [5.41, 5.74) is 3.02. The van der Waals surface area contributed by atoms with Gasteiger partial charge < -0.3 is 14.2 Å². The quantitative estimate of drug-likeness (QED) is 0.539. The van der Waals surface area contributed by atoms with E-state index >= 15 is 0 Å². The molecule has 1 aliphatic heterocycles. The largest absolute Gasteiger partial charge is 0.497 e. The summed E-state index contributed by atoms with van der Waals surface area (Å²) in [6.07, 6.45) is 5.02. The number of hydrogen-bond donors (Lipinski definition) is 0. The number of carbonyl (C=O) groups excluding carboxylic acids is 1. The molecular formula is C22H23NO4. The van der Waals surface area contributed by atoms with Crippen LogP contribution in [0.15, 0.2) is 53.2 Å². The molecule has 0 unspecified atom stereocenters. The van der Waals surface area contributed by atoms with Gasteiger partial charge in [0, 0.05) is 17.2 Å². The predicted octanol–water partition coefficient (Wildman–Crippen LogP) is 4.39. The third-order valence-corrected chi connectivity index (χ3v) is 4.37. The third kappa shape index (κ3) is 4.37. The lowest BCUT2D eigenvalue weighted by atomic mass is 10.1. The Morgan fingerprint density at radius 3 is 2.52 bits per heavy atom. The molecule has 0 N–H and O–H groups in total. The standard InChI is InChI=1S/C22H23NO4/c1-4-5-6-15-7-9-16(10-8-15)21-23-19(22(24)27-21)13-17-11-12-18(25-2)14-20(17)26-3/h7-14H,4-6H2,1-3H3/b19-13-. The molecule has 0 atom stereocenters. The lowest BCUT2D eigenvalue weighted by Crippen LogP contribution is -2.05. The second-order valence-electron chi connectivity index (χ2n) is 6.24. The summed E-state index contributed by atoms with van der Waals surface area (Å²) in [7, 11) is 3.16. The molecule has 27 heavy (non-hydrogen) atoms. The minimum Gasteiger partial charge on any atom is -0.497 e. The average molecular weight is 365 g/mol. The Kier molecular flexibility index (Phi) is 5.91. The van der Waals surface area contributed by atoms with Crippen LogP contribution in [-0.4, -0.2) is 26.1 Å². The van der Waals surface area contributed by atoms with Crippen molar-refractivity contribution in [1.29, 1.82) is 0 Å². The zero-order chi connectivity index (χ0) is 19.2. The van der Waals surface area contributed by atoms with E-state index < -0.39 is 5.97 Å². The Morgan fingerprint density at radius 1 is 1.07 bits per heavy atom. The predicted molar refractivity (Wildman–Crippen MR) is 105 cm³/mol. The number of benzene rings is 2. The van der Waals surface area contributed by atoms with Crippen LogP contribution in [0.1, 0.15) is 36.5 Å². The summed E-state index contributed by atoms with van der Waals surface area (Å²) in [4.78, 5) is 16.6. The van der Waals surface area contributed by atoms with Gasteiger partial charge in [0.05, 0.1) is 14.2 Å². The van der Waals surface area contributed by atoms with Gasteiger partial charge in [-0.2, -0.15) is 0 Å². The number of rotatable bonds is 7. The highest BCUT2D eigenvalue weighted by atomic mass is 16.6. The molecule has 0 fully saturated rings. The van der Waals surface area contributed by atoms with Crippen LogP contribution in [0, 0.1) is 0 Å². The summed E-state index contributed by atoms with van der Waals surface area (Å²) in [5.74, 6) is 1.12. The van der Waals surface area contributed by atoms with Gasteiger partial charge in [-0.25, -0.2) is 9.79 Å². The molecule has 1 heterocycles. The highest BCUT2D eigenvalue weighted by molar-refractivity contribution is 6.12. The fourth-order valence-corrected chi connectivity index (χ4v) is 2.81. The molecule has 0 aromatic heterocycles. The van der Waals surface area contributed by atoms with Gasteiger partial charge in [-0.1, -0.05) is 25.5 Å². The molecule has 0 saturated heterocycles. The van der Waals surface area contributed by atoms with E-state index in [2.05, 4.69) is 24.0 Å². The van der Waals surface area contributed by atoms with Gasteiger partial charge in [-0.3, -0.25) is 0 Å². The van der Waals surface area contributed by atoms with Crippen molar-refractivity contribution in [2.75, 3.05) is 14.2 Å². The Hall–Kier alpha value is -3.08. The molecule has 5 heteroatoms. The van der Waals surface area contributed by atoms with E-state index in [0.29, 0.717) is 17.4 Å². The second kappa shape index (κ2) is 8.54. The van der Waals surface area contributed by atoms with E-state index in [4.69, 9.17) is 14.2 Å². The molecule has 2 aromatic carbocycles. The molecule has 1 aliphatic rings. The number of aliphatic imine (C=N–C) groups is 1. The number of methoxy groups -OCH3 is 2. The van der Waals surface area contributed by atoms with Gasteiger partial charge in [-0.15, -0.1) is 0 Å². The highest BCUT2D eigenvalue weighted by Crippen LogP contribution is 2.28. The maximum Gasteiger partial charge on any atom is 0.363 e. The Bertz CT molecular complexity index is 882. The smallest absolute Gasteiger partial charge is 0.363 e. The first-order chi connectivity index (χ1) is 13.1. The Balaban J connectivity index is 1.85. The van der Waals surface area contributed by atoms with Crippen molar-refractivity contribution in [1.82, 2.24) is 0 Å². The van der Waals surface area contributed by atoms with Crippen LogP contribution in [0.3, 0.4) is 0 Å². The van der Waals surface area contributed by atoms with Crippen LogP contribution < -0.4 is 9.47 Å². The second-order valence-corrected chi connectivity index (χ2v) is 6.24. The van der Waals surface area contributed by atoms with E-state index in [1.807, 2.05) is 18.2 Å². The van der Waals surface area contributed by atoms with Gasteiger partial charge in [0.25, 0.3) is 0 Å². The molecule has 0 spiro atoms. The summed E-state index contributed by atoms with van der Waals surface area (Å²) in [5, 5.41) is 0. The monoisotopic (exact) mass is 365 g/mol. The van der Waals surface area contributed by atoms with Crippen molar-refractivity contribution < 1.29 is 19.0 Å². The number of nitrogens with zero attached hydrogens (tertiary/aromatic N) is 1. The fraction of sp³-hybridized carbons (Fsp3) is 0.273. The van der Waals surface area contributed by atoms with E-state index in [1.54, 1.807) is 32.4 Å². The van der Waals surface area contributed by atoms with E-state index in [0.717, 1.165) is 30.4 Å². The molecule has 0 radical (unpaired) electrons. The average Bonchev–Trinajstić information content (AvgIpc) is 3.07. The van der Waals surface area contributed by atoms with E-state index in [9.17, 15) is 4.79 Å². The number of hydrogen-bond acceptors (Lipinski definition) is 5. The highest BCUT2D eigenvalue weighted by Gasteiger charge is 2.24. The first-order valence-electron chi connectivity index (χ1n) is 8.98. The number of cyclic esters (lactones) is 1. The van der Waals surface area contributed by atoms with Crippen LogP contribution in [0.2, 0.25) is 0 Å². The first kappa shape index (κ1) is 18.7. The molecule has 0 amide bonds. The van der Waals surface area contributed by atoms with Gasteiger partial charge in [0.2, 0.25) is 5.90 Å². The van der Waals surface area contributed by atoms with Crippen molar-refractivity contribution in [3.8, 4) is 11.5 Å². The molecule has 140 valence electrons. The number of carbonyl (C=O) groups is 1. The van der Waals surface area contributed by atoms with Crippen molar-refractivity contribution in [3.63, 3.8) is 0 Å². The zero-order valence-electron chi connectivity index (χ0n) is 15.8. The normalized spacial score (nSPS) is 14.9. The van der Waals surface area contributed by atoms with Crippen LogP contribution in [0.5, 0.6) is 11.5 Å². The number of ether oxygens (including phenoxy) is 3. The summed E-state index contributed by atoms with van der Waals surface area (Å²) >= 11 is 0. The lowest BCUT2D eigenvalue weighted by molar-refractivity contribution is -0.129. The fourth-order valence-electron chi connectivity index (χ4n) is 2.81. The summed E-state index contributed by atoms with van der Waals surface area (Å²) < 4.78 is 15.9. The maximum atomic E-state index is 12.2. The first-order valence-corrected chi connectivity index (χ1v) is 8.98. The molecule has 5 nitrogen and oxygen atoms in total. The van der Waals surface area contributed by atoms with Crippen LogP contribution in [0.25, 0.3) is 6.08 Å². The molecule has 2 aromatic rings. The SMILES string of the molecule is CCCCc1ccc(C2=N/C(=C\c3ccc(OC)cc3OC)C(=O)O2)cc1. The van der Waals surface area contributed by atoms with Gasteiger partial charge >= 0.3 is 5.97 Å². The number of aryl methyl sites for hydroxylation is 1. The number of esters is 1. The Morgan fingerprint density at radius 2 is 1.85 bits per heavy atom. The third-order valence-electron chi connectivity index (χ3n) is 4.37. The summed E-state index contributed by atoms with van der Waals surface area (Å²) in [6.45, 7) is 2.17. The van der Waals surface area contributed by atoms with Crippen LogP contribution in [-0.2, 0) is 16.0 Å². The minimum absolute atomic E-state index is 0.239. The van der Waals surface area contributed by atoms with Crippen LogP contribution >= 0.6 is 0 Å². The van der Waals surface area contributed by atoms with Crippen molar-refractivity contribution in [3.05, 3.63) is 64.9 Å². The van der Waals surface area contributed by atoms with Gasteiger partial charge in [-0.05, 0) is 48.7 Å². The molecule has 0 bridgehead atoms. The van der Waals surface area contributed by atoms with E-state index in [1.165, 1.54) is 5.56 Å². The van der Waals surface area contributed by atoms with Gasteiger partial charge in [0.1, 0.15) is 11.5 Å². The zero-order valence-corrected chi connectivity index (χ0v) is 15.8. The van der Waals surface area contributed by atoms with E-state index in [-0.39, 0.29) is 5.70 Å². The molecule has 3 rings (SSSR count). The molecular weight excluding hydrogens is 342 g/mol. The minimum atomic E-state index is -0.474. The van der Waals surface area contributed by atoms with Crippen molar-refractivity contribution in [2.24, 2.45) is 4.99 Å². The van der Waals surface area contributed by atoms with Gasteiger partial charge in [0.15, 0.2) is 5.70 Å². The Labute approximate surface area is 159 Å². The maximum absolute atomic E-state index is 12.2. The van der Waals surface area contributed by atoms with Crippen LogP contribution in [0.4, 0.5) is 0 Å². The molecule has 0 aliphatic carbocycles. The van der Waals surface area contributed by atoms with Crippen molar-refractivity contribution >= 4 is 17.9 Å². The number of unbranched alkanes of at least 4 members (excludes halogenated alkanes) is 1. The molecule has 0 saturated carbocycles. The summed E-state index contributed by atoms with van der Waals surface area (Å²) in [6, 6.07) is 13.3. The lowest BCUT2D eigenvalue weighted by Gasteiger charge is -2.07. The van der Waals surface area contributed by atoms with Crippen molar-refractivity contribution in [2.45, 2.75) is 26.2 Å². The topological polar surface area (TPSA) is 57.1 Å².